The summed E-state index contributed by atoms with van der Waals surface area (Å²) in [7, 11) is 1.76. The van der Waals surface area contributed by atoms with Crippen LogP contribution in [0.25, 0.3) is 27.9 Å². The van der Waals surface area contributed by atoms with E-state index in [2.05, 4.69) is 20.7 Å². The lowest BCUT2D eigenvalue weighted by atomic mass is 10.1. The summed E-state index contributed by atoms with van der Waals surface area (Å²) in [4.78, 5) is 22.4. The smallest absolute Gasteiger partial charge is 0.257 e. The van der Waals surface area contributed by atoms with Crippen LogP contribution in [0.5, 0.6) is 0 Å². The summed E-state index contributed by atoms with van der Waals surface area (Å²) < 4.78 is 28.8. The van der Waals surface area contributed by atoms with Crippen LogP contribution in [0.3, 0.4) is 0 Å². The molecule has 2 aliphatic rings. The number of hydrogen-bond acceptors (Lipinski definition) is 8. The molecule has 2 aliphatic heterocycles. The zero-order valence-electron chi connectivity index (χ0n) is 19.6. The van der Waals surface area contributed by atoms with E-state index in [4.69, 9.17) is 14.5 Å². The summed E-state index contributed by atoms with van der Waals surface area (Å²) in [6, 6.07) is 4.69. The van der Waals surface area contributed by atoms with Crippen molar-refractivity contribution in [2.75, 3.05) is 38.8 Å². The number of aromatic nitrogens is 5. The molecule has 4 aromatic rings. The zero-order valence-corrected chi connectivity index (χ0v) is 19.6. The number of nitrogens with one attached hydrogen (secondary N) is 2. The number of rotatable bonds is 5. The third-order valence-electron chi connectivity index (χ3n) is 6.81. The van der Waals surface area contributed by atoms with E-state index in [1.54, 1.807) is 17.8 Å². The maximum atomic E-state index is 14.8. The van der Waals surface area contributed by atoms with E-state index in [0.717, 1.165) is 10.9 Å². The molecular weight excluding hydrogens is 469 g/mol. The average Bonchev–Trinajstić information content (AvgIpc) is 3.61. The molecule has 11 nitrogen and oxygen atoms in total. The quantitative estimate of drug-likeness (QED) is 0.381. The summed E-state index contributed by atoms with van der Waals surface area (Å²) in [5, 5.41) is 21.1. The predicted octanol–water partition coefficient (Wildman–Crippen LogP) is 1.58. The molecule has 4 atom stereocenters. The Hall–Kier alpha value is -3.61. The maximum absolute atomic E-state index is 14.8. The normalized spacial score (nSPS) is 24.4. The van der Waals surface area contributed by atoms with Crippen molar-refractivity contribution in [3.8, 4) is 11.3 Å². The van der Waals surface area contributed by atoms with Crippen molar-refractivity contribution in [3.63, 3.8) is 0 Å². The molecule has 1 amide bonds. The first kappa shape index (κ1) is 22.8. The second-order valence-electron chi connectivity index (χ2n) is 9.03. The number of fused-ring (bicyclic) bond motifs is 2. The van der Waals surface area contributed by atoms with Gasteiger partial charge in [-0.2, -0.15) is 9.61 Å². The van der Waals surface area contributed by atoms with Gasteiger partial charge >= 0.3 is 0 Å². The van der Waals surface area contributed by atoms with Crippen molar-refractivity contribution in [3.05, 3.63) is 42.4 Å². The first-order valence-corrected chi connectivity index (χ1v) is 11.9. The van der Waals surface area contributed by atoms with Crippen LogP contribution in [0.4, 0.5) is 10.2 Å². The van der Waals surface area contributed by atoms with Gasteiger partial charge in [-0.25, -0.2) is 14.4 Å². The molecule has 0 radical (unpaired) electrons. The van der Waals surface area contributed by atoms with Gasteiger partial charge < -0.3 is 29.8 Å². The number of aliphatic hydroxyl groups is 1. The lowest BCUT2D eigenvalue weighted by Crippen LogP contribution is -2.42. The summed E-state index contributed by atoms with van der Waals surface area (Å²) in [5.74, 6) is 0.218. The highest BCUT2D eigenvalue weighted by molar-refractivity contribution is 6.01. The predicted molar refractivity (Wildman–Crippen MR) is 129 cm³/mol. The van der Waals surface area contributed by atoms with E-state index in [1.165, 1.54) is 6.20 Å². The highest BCUT2D eigenvalue weighted by Gasteiger charge is 2.31. The second kappa shape index (κ2) is 9.12. The highest BCUT2D eigenvalue weighted by atomic mass is 19.1. The van der Waals surface area contributed by atoms with Crippen LogP contribution in [0.2, 0.25) is 0 Å². The van der Waals surface area contributed by atoms with Gasteiger partial charge in [0, 0.05) is 43.1 Å². The third-order valence-corrected chi connectivity index (χ3v) is 6.81. The van der Waals surface area contributed by atoms with Crippen molar-refractivity contribution in [1.82, 2.24) is 29.5 Å². The van der Waals surface area contributed by atoms with Crippen molar-refractivity contribution < 1.29 is 23.8 Å². The number of anilines is 1. The largest absolute Gasteiger partial charge is 0.388 e. The SMILES string of the molecule is CNc1cc(-c2cn([C@H]3CCOC[C@@H]3F)c3ncccc23)nc2c(C(=O)NC3COC[C@H]3O)cnn12. The Bertz CT molecular complexity index is 1440. The molecule has 0 aliphatic carbocycles. The highest BCUT2D eigenvalue weighted by Crippen LogP contribution is 2.35. The van der Waals surface area contributed by atoms with Crippen molar-refractivity contribution in [2.24, 2.45) is 0 Å². The molecule has 6 rings (SSSR count). The Kier molecular flexibility index (Phi) is 5.78. The van der Waals surface area contributed by atoms with Gasteiger partial charge in [0.05, 0.1) is 49.9 Å². The molecule has 6 heterocycles. The summed E-state index contributed by atoms with van der Waals surface area (Å²) in [6.07, 6.45) is 3.64. The Morgan fingerprint density at radius 2 is 2.14 bits per heavy atom. The van der Waals surface area contributed by atoms with E-state index < -0.39 is 30.3 Å². The first-order chi connectivity index (χ1) is 17.5. The number of hydrogen-bond donors (Lipinski definition) is 3. The number of carbonyl (C=O) groups is 1. The van der Waals surface area contributed by atoms with Gasteiger partial charge in [0.2, 0.25) is 0 Å². The van der Waals surface area contributed by atoms with E-state index in [-0.39, 0.29) is 25.4 Å². The molecule has 12 heteroatoms. The number of ether oxygens (including phenoxy) is 2. The van der Waals surface area contributed by atoms with Crippen LogP contribution in [0.1, 0.15) is 22.8 Å². The Morgan fingerprint density at radius 3 is 2.92 bits per heavy atom. The van der Waals surface area contributed by atoms with Crippen LogP contribution >= 0.6 is 0 Å². The topological polar surface area (TPSA) is 128 Å². The first-order valence-electron chi connectivity index (χ1n) is 11.9. The van der Waals surface area contributed by atoms with Gasteiger partial charge in [0.1, 0.15) is 23.2 Å². The van der Waals surface area contributed by atoms with Gasteiger partial charge in [-0.1, -0.05) is 0 Å². The molecule has 0 aromatic carbocycles. The molecule has 0 saturated carbocycles. The molecule has 36 heavy (non-hydrogen) atoms. The number of pyridine rings is 1. The second-order valence-corrected chi connectivity index (χ2v) is 9.03. The lowest BCUT2D eigenvalue weighted by Gasteiger charge is -2.27. The fraction of sp³-hybridized carbons (Fsp3) is 0.417. The average molecular weight is 496 g/mol. The number of halogens is 1. The van der Waals surface area contributed by atoms with Gasteiger partial charge in [-0.15, -0.1) is 0 Å². The number of alkyl halides is 1. The van der Waals surface area contributed by atoms with Crippen LogP contribution in [0, 0.1) is 0 Å². The van der Waals surface area contributed by atoms with Crippen LogP contribution in [-0.4, -0.2) is 87.0 Å². The van der Waals surface area contributed by atoms with Gasteiger partial charge in [-0.3, -0.25) is 4.79 Å². The van der Waals surface area contributed by atoms with Crippen LogP contribution in [-0.2, 0) is 9.47 Å². The van der Waals surface area contributed by atoms with Gasteiger partial charge in [-0.05, 0) is 18.6 Å². The molecule has 188 valence electrons. The van der Waals surface area contributed by atoms with Crippen molar-refractivity contribution in [2.45, 2.75) is 30.8 Å². The maximum Gasteiger partial charge on any atom is 0.257 e. The molecule has 3 N–H and O–H groups in total. The van der Waals surface area contributed by atoms with E-state index in [9.17, 15) is 14.3 Å². The number of nitrogens with zero attached hydrogens (tertiary/aromatic N) is 5. The van der Waals surface area contributed by atoms with Crippen LogP contribution < -0.4 is 10.6 Å². The molecule has 0 spiro atoms. The molecule has 2 saturated heterocycles. The fourth-order valence-corrected chi connectivity index (χ4v) is 4.91. The van der Waals surface area contributed by atoms with E-state index in [0.29, 0.717) is 35.8 Å². The minimum absolute atomic E-state index is 0.0512. The van der Waals surface area contributed by atoms with E-state index >= 15 is 0 Å². The minimum atomic E-state index is -1.15. The third kappa shape index (κ3) is 3.77. The Balaban J connectivity index is 1.46. The van der Waals surface area contributed by atoms with E-state index in [1.807, 2.05) is 29.0 Å². The fourth-order valence-electron chi connectivity index (χ4n) is 4.91. The summed E-state index contributed by atoms with van der Waals surface area (Å²) >= 11 is 0. The number of aliphatic hydroxyl groups excluding tert-OH is 1. The standard InChI is InChI=1S/C24H26FN7O4/c1-26-21-7-17(29-23-14(8-28-32(21)23)24(34)30-18-11-36-12-20(18)33)15-9-31(19-4-6-35-10-16(19)25)22-13(15)3-2-5-27-22/h2-3,5,7-9,16,18-20,26,33H,4,6,10-12H2,1H3,(H,30,34)/t16-,18?,19-,20+/m0/s1. The number of carbonyl (C=O) groups excluding carboxylic acids is 1. The monoisotopic (exact) mass is 495 g/mol. The molecule has 4 aromatic heterocycles. The zero-order chi connectivity index (χ0) is 24.8. The van der Waals surface area contributed by atoms with Crippen LogP contribution in [0.15, 0.2) is 36.8 Å². The number of amides is 1. The summed E-state index contributed by atoms with van der Waals surface area (Å²) in [6.45, 7) is 0.948. The van der Waals surface area contributed by atoms with Crippen molar-refractivity contribution >= 4 is 28.4 Å². The summed E-state index contributed by atoms with van der Waals surface area (Å²) in [5.41, 5.74) is 2.63. The lowest BCUT2D eigenvalue weighted by molar-refractivity contribution is 0.00443. The molecular formula is C24H26FN7O4. The minimum Gasteiger partial charge on any atom is -0.388 e. The Morgan fingerprint density at radius 1 is 1.25 bits per heavy atom. The molecule has 2 fully saturated rings. The molecule has 0 bridgehead atoms. The Labute approximate surface area is 205 Å². The molecule has 1 unspecified atom stereocenters. The van der Waals surface area contributed by atoms with Crippen molar-refractivity contribution in [1.29, 1.82) is 0 Å². The van der Waals surface area contributed by atoms with Gasteiger partial charge in [0.15, 0.2) is 5.65 Å². The van der Waals surface area contributed by atoms with Gasteiger partial charge in [0.25, 0.3) is 5.91 Å².